The fraction of sp³-hybridized carbons (Fsp3) is 0.400. The van der Waals surface area contributed by atoms with Gasteiger partial charge in [0.1, 0.15) is 18.0 Å². The second-order valence-electron chi connectivity index (χ2n) is 11.3. The van der Waals surface area contributed by atoms with Gasteiger partial charge in [-0.2, -0.15) is 13.2 Å². The highest BCUT2D eigenvalue weighted by Crippen LogP contribution is 2.37. The summed E-state index contributed by atoms with van der Waals surface area (Å²) in [5.41, 5.74) is 0.210. The number of ether oxygens (including phenoxy) is 2. The molecule has 0 radical (unpaired) electrons. The Kier molecular flexibility index (Phi) is 7.98. The number of hydrogen-bond acceptors (Lipinski definition) is 7. The van der Waals surface area contributed by atoms with Crippen molar-refractivity contribution < 1.29 is 27.4 Å². The summed E-state index contributed by atoms with van der Waals surface area (Å²) in [5.74, 6) is 0.799. The summed E-state index contributed by atoms with van der Waals surface area (Å²) in [6, 6.07) is 12.4. The Morgan fingerprint density at radius 1 is 1.10 bits per heavy atom. The maximum atomic E-state index is 13.6. The minimum atomic E-state index is -4.54. The highest BCUT2D eigenvalue weighted by Gasteiger charge is 2.33. The molecule has 1 atom stereocenters. The van der Waals surface area contributed by atoms with Crippen LogP contribution in [0, 0.1) is 0 Å². The number of nitrogens with zero attached hydrogens (tertiary/aromatic N) is 6. The Balaban J connectivity index is 1.46. The number of amides is 1. The summed E-state index contributed by atoms with van der Waals surface area (Å²) in [4.78, 5) is 20.8. The van der Waals surface area contributed by atoms with Gasteiger partial charge in [0.15, 0.2) is 17.3 Å². The van der Waals surface area contributed by atoms with Gasteiger partial charge in [0.2, 0.25) is 0 Å². The predicted octanol–water partition coefficient (Wildman–Crippen LogP) is 6.22. The number of carbonyl (C=O) groups excluding carboxylic acids is 1. The van der Waals surface area contributed by atoms with Gasteiger partial charge in [-0.1, -0.05) is 30.3 Å². The Morgan fingerprint density at radius 3 is 2.57 bits per heavy atom. The number of aromatic nitrogens is 4. The monoisotopic (exact) mass is 582 g/mol. The van der Waals surface area contributed by atoms with E-state index in [0.717, 1.165) is 30.5 Å². The van der Waals surface area contributed by atoms with Crippen LogP contribution in [-0.4, -0.2) is 62.4 Å². The summed E-state index contributed by atoms with van der Waals surface area (Å²) in [5, 5.41) is 8.91. The van der Waals surface area contributed by atoms with Gasteiger partial charge in [-0.15, -0.1) is 10.2 Å². The summed E-state index contributed by atoms with van der Waals surface area (Å²) in [7, 11) is 1.87. The van der Waals surface area contributed by atoms with Crippen molar-refractivity contribution in [2.24, 2.45) is 0 Å². The number of rotatable bonds is 6. The molecule has 0 saturated carbocycles. The lowest BCUT2D eigenvalue weighted by Gasteiger charge is -2.38. The molecule has 2 aromatic carbocycles. The molecule has 222 valence electrons. The molecule has 1 saturated heterocycles. The van der Waals surface area contributed by atoms with Crippen LogP contribution in [0.1, 0.15) is 44.7 Å². The second-order valence-corrected chi connectivity index (χ2v) is 11.3. The molecule has 1 aliphatic rings. The highest BCUT2D eigenvalue weighted by molar-refractivity contribution is 5.72. The molecule has 0 N–H and O–H groups in total. The first-order chi connectivity index (χ1) is 19.9. The van der Waals surface area contributed by atoms with Gasteiger partial charge in [0.05, 0.1) is 11.1 Å². The fourth-order valence-corrected chi connectivity index (χ4v) is 4.91. The first kappa shape index (κ1) is 29.2. The van der Waals surface area contributed by atoms with Crippen LogP contribution in [0.25, 0.3) is 17.0 Å². The van der Waals surface area contributed by atoms with Crippen molar-refractivity contribution in [2.75, 3.05) is 25.0 Å². The normalized spacial score (nSPS) is 16.0. The molecule has 1 amide bonds. The van der Waals surface area contributed by atoms with E-state index < -0.39 is 17.3 Å². The zero-order valence-corrected chi connectivity index (χ0v) is 23.9. The zero-order valence-electron chi connectivity index (χ0n) is 23.9. The van der Waals surface area contributed by atoms with Crippen LogP contribution in [0.2, 0.25) is 0 Å². The van der Waals surface area contributed by atoms with Gasteiger partial charge in [-0.25, -0.2) is 9.78 Å². The topological polar surface area (TPSA) is 85.1 Å². The van der Waals surface area contributed by atoms with Crippen LogP contribution in [0.5, 0.6) is 5.75 Å². The van der Waals surface area contributed by atoms with Crippen molar-refractivity contribution in [1.82, 2.24) is 24.5 Å². The number of imidazole rings is 1. The molecule has 1 unspecified atom stereocenters. The number of fused-ring (bicyclic) bond motifs is 1. The molecule has 12 heteroatoms. The van der Waals surface area contributed by atoms with Crippen LogP contribution in [0.15, 0.2) is 60.9 Å². The number of likely N-dealkylation sites (tertiary alicyclic amines) is 1. The van der Waals surface area contributed by atoms with Crippen LogP contribution < -0.4 is 9.64 Å². The van der Waals surface area contributed by atoms with E-state index in [1.165, 1.54) is 6.07 Å². The molecule has 0 aliphatic carbocycles. The van der Waals surface area contributed by atoms with Crippen molar-refractivity contribution >= 4 is 17.6 Å². The van der Waals surface area contributed by atoms with Crippen molar-refractivity contribution in [1.29, 1.82) is 0 Å². The third-order valence-electron chi connectivity index (χ3n) is 7.03. The number of carbonyl (C=O) groups is 1. The van der Waals surface area contributed by atoms with Crippen molar-refractivity contribution in [3.05, 3.63) is 72.1 Å². The molecule has 2 aromatic heterocycles. The molecule has 42 heavy (non-hydrogen) atoms. The molecule has 5 rings (SSSR count). The average molecular weight is 583 g/mol. The molecule has 9 nitrogen and oxygen atoms in total. The van der Waals surface area contributed by atoms with Crippen molar-refractivity contribution in [2.45, 2.75) is 58.0 Å². The average Bonchev–Trinajstić information content (AvgIpc) is 3.45. The predicted molar refractivity (Wildman–Crippen MR) is 151 cm³/mol. The fourth-order valence-electron chi connectivity index (χ4n) is 4.91. The number of piperidine rings is 1. The number of likely N-dealkylation sites (N-methyl/N-ethyl adjacent to an activating group) is 1. The van der Waals surface area contributed by atoms with Gasteiger partial charge >= 0.3 is 12.3 Å². The minimum Gasteiger partial charge on any atom is -0.488 e. The molecular formula is C30H33F3N6O3. The number of halogens is 3. The SMILES string of the molecule is CN(c1nnc(-c2ccc(C(F)(F)F)cc2OCc2ccccc2)n2ccnc12)C1CCCN(C(=O)OC(C)(C)C)C1. The quantitative estimate of drug-likeness (QED) is 0.267. The van der Waals surface area contributed by atoms with E-state index >= 15 is 0 Å². The van der Waals surface area contributed by atoms with E-state index in [1.54, 1.807) is 21.7 Å². The van der Waals surface area contributed by atoms with Crippen LogP contribution in [-0.2, 0) is 17.5 Å². The molecule has 4 aromatic rings. The second kappa shape index (κ2) is 11.5. The number of benzene rings is 2. The van der Waals surface area contributed by atoms with Crippen molar-refractivity contribution in [3.8, 4) is 17.1 Å². The molecule has 0 bridgehead atoms. The van der Waals surface area contributed by atoms with E-state index in [4.69, 9.17) is 9.47 Å². The number of hydrogen-bond donors (Lipinski definition) is 0. The molecule has 0 spiro atoms. The largest absolute Gasteiger partial charge is 0.488 e. The molecule has 1 fully saturated rings. The lowest BCUT2D eigenvalue weighted by atomic mass is 10.0. The first-order valence-corrected chi connectivity index (χ1v) is 13.7. The summed E-state index contributed by atoms with van der Waals surface area (Å²) in [6.45, 7) is 6.62. The van der Waals surface area contributed by atoms with Gasteiger partial charge in [-0.05, 0) is 57.4 Å². The summed E-state index contributed by atoms with van der Waals surface area (Å²) >= 11 is 0. The highest BCUT2D eigenvalue weighted by atomic mass is 19.4. The van der Waals surface area contributed by atoms with E-state index in [1.807, 2.05) is 63.1 Å². The van der Waals surface area contributed by atoms with Gasteiger partial charge in [0.25, 0.3) is 0 Å². The van der Waals surface area contributed by atoms with Gasteiger partial charge in [-0.3, -0.25) is 4.40 Å². The minimum absolute atomic E-state index is 0.0272. The Labute approximate surface area is 241 Å². The number of alkyl halides is 3. The Hall–Kier alpha value is -4.35. The van der Waals surface area contributed by atoms with E-state index in [9.17, 15) is 18.0 Å². The molecule has 1 aliphatic heterocycles. The molecule has 3 heterocycles. The number of anilines is 1. The van der Waals surface area contributed by atoms with Crippen LogP contribution in [0.4, 0.5) is 23.8 Å². The summed E-state index contributed by atoms with van der Waals surface area (Å²) in [6.07, 6.45) is -0.0244. The first-order valence-electron chi connectivity index (χ1n) is 13.7. The Morgan fingerprint density at radius 2 is 1.86 bits per heavy atom. The summed E-state index contributed by atoms with van der Waals surface area (Å²) < 4.78 is 54.0. The maximum Gasteiger partial charge on any atom is 0.416 e. The Bertz CT molecular complexity index is 1550. The van der Waals surface area contributed by atoms with Gasteiger partial charge in [0, 0.05) is 38.6 Å². The van der Waals surface area contributed by atoms with Crippen LogP contribution in [0.3, 0.4) is 0 Å². The van der Waals surface area contributed by atoms with Crippen molar-refractivity contribution in [3.63, 3.8) is 0 Å². The van der Waals surface area contributed by atoms with Crippen LogP contribution >= 0.6 is 0 Å². The third kappa shape index (κ3) is 6.42. The smallest absolute Gasteiger partial charge is 0.416 e. The van der Waals surface area contributed by atoms with Gasteiger partial charge < -0.3 is 19.3 Å². The maximum absolute atomic E-state index is 13.6. The third-order valence-corrected chi connectivity index (χ3v) is 7.03. The zero-order chi connectivity index (χ0) is 30.1. The van der Waals surface area contributed by atoms with E-state index in [-0.39, 0.29) is 30.3 Å². The standard InChI is InChI=1S/C30H33F3N6O3/c1-29(2,3)42-28(40)38-15-8-11-22(18-38)37(4)27-26-34-14-16-39(26)25(35-36-27)23-13-12-21(30(31,32)33)17-24(23)41-19-20-9-6-5-7-10-20/h5-7,9-10,12-14,16-17,22H,8,11,15,18-19H2,1-4H3. The lowest BCUT2D eigenvalue weighted by molar-refractivity contribution is -0.137. The van der Waals surface area contributed by atoms with E-state index in [0.29, 0.717) is 30.1 Å². The molecular weight excluding hydrogens is 549 g/mol. The lowest BCUT2D eigenvalue weighted by Crippen LogP contribution is -2.50. The van der Waals surface area contributed by atoms with E-state index in [2.05, 4.69) is 15.2 Å².